The predicted molar refractivity (Wildman–Crippen MR) is 105 cm³/mol. The fourth-order valence-electron chi connectivity index (χ4n) is 3.84. The molecule has 1 aliphatic heterocycles. The van der Waals surface area contributed by atoms with E-state index in [4.69, 9.17) is 0 Å². The van der Waals surface area contributed by atoms with Crippen molar-refractivity contribution in [1.29, 1.82) is 0 Å². The maximum absolute atomic E-state index is 13.5. The molecule has 29 heavy (non-hydrogen) atoms. The molecule has 6 nitrogen and oxygen atoms in total. The lowest BCUT2D eigenvalue weighted by atomic mass is 9.86. The number of benzene rings is 1. The van der Waals surface area contributed by atoms with Crippen molar-refractivity contribution in [3.05, 3.63) is 65.7 Å². The zero-order chi connectivity index (χ0) is 21.0. The quantitative estimate of drug-likeness (QED) is 0.411. The molecule has 1 N–H and O–H groups in total. The van der Waals surface area contributed by atoms with Crippen molar-refractivity contribution in [2.75, 3.05) is 26.2 Å². The first-order chi connectivity index (χ1) is 14.0. The highest BCUT2D eigenvalue weighted by molar-refractivity contribution is 6.44. The molecule has 152 valence electrons. The van der Waals surface area contributed by atoms with E-state index in [0.717, 1.165) is 13.1 Å². The minimum atomic E-state index is -1.15. The van der Waals surface area contributed by atoms with Crippen LogP contribution in [0.2, 0.25) is 0 Å². The van der Waals surface area contributed by atoms with Gasteiger partial charge in [0.2, 0.25) is 5.78 Å². The number of pyridine rings is 1. The Morgan fingerprint density at radius 3 is 2.28 bits per heavy atom. The average Bonchev–Trinajstić information content (AvgIpc) is 3.00. The molecule has 2 atom stereocenters. The van der Waals surface area contributed by atoms with Gasteiger partial charge in [-0.05, 0) is 43.7 Å². The van der Waals surface area contributed by atoms with Crippen molar-refractivity contribution >= 4 is 17.5 Å². The van der Waals surface area contributed by atoms with E-state index < -0.39 is 35.3 Å². The van der Waals surface area contributed by atoms with Gasteiger partial charge in [-0.3, -0.25) is 19.4 Å². The second kappa shape index (κ2) is 9.05. The Balaban J connectivity index is 1.99. The molecule has 0 saturated carbocycles. The molecular formula is C22H25FN3O3+. The molecule has 1 saturated heterocycles. The zero-order valence-corrected chi connectivity index (χ0v) is 16.6. The lowest BCUT2D eigenvalue weighted by molar-refractivity contribution is -0.895. The van der Waals surface area contributed by atoms with Gasteiger partial charge in [-0.1, -0.05) is 12.1 Å². The van der Waals surface area contributed by atoms with E-state index in [1.165, 1.54) is 58.6 Å². The monoisotopic (exact) mass is 398 g/mol. The lowest BCUT2D eigenvalue weighted by Gasteiger charge is -2.28. The topological polar surface area (TPSA) is 71.8 Å². The van der Waals surface area contributed by atoms with Gasteiger partial charge in [-0.15, -0.1) is 0 Å². The molecular weight excluding hydrogens is 373 g/mol. The van der Waals surface area contributed by atoms with E-state index in [-0.39, 0.29) is 0 Å². The number of hydrogen-bond acceptors (Lipinski definition) is 4. The van der Waals surface area contributed by atoms with Crippen LogP contribution in [-0.2, 0) is 9.59 Å². The van der Waals surface area contributed by atoms with E-state index >= 15 is 0 Å². The third-order valence-electron chi connectivity index (χ3n) is 5.57. The molecule has 2 heterocycles. The SMILES string of the molecule is CC[NH+](CC)CCN1C(=O)C(=O)C(C(=O)c2ccncc2)C1c1ccc(F)cc1. The summed E-state index contributed by atoms with van der Waals surface area (Å²) in [6.45, 7) is 6.93. The summed E-state index contributed by atoms with van der Waals surface area (Å²) in [6.07, 6.45) is 2.95. The van der Waals surface area contributed by atoms with Crippen LogP contribution < -0.4 is 4.90 Å². The van der Waals surface area contributed by atoms with Gasteiger partial charge in [0, 0.05) is 18.0 Å². The van der Waals surface area contributed by atoms with Crippen LogP contribution in [0.15, 0.2) is 48.8 Å². The van der Waals surface area contributed by atoms with Crippen LogP contribution in [0.5, 0.6) is 0 Å². The highest BCUT2D eigenvalue weighted by Gasteiger charge is 2.51. The van der Waals surface area contributed by atoms with Crippen LogP contribution in [-0.4, -0.2) is 53.5 Å². The van der Waals surface area contributed by atoms with Gasteiger partial charge in [0.1, 0.15) is 11.7 Å². The van der Waals surface area contributed by atoms with Crippen molar-refractivity contribution in [2.45, 2.75) is 19.9 Å². The molecule has 3 rings (SSSR count). The van der Waals surface area contributed by atoms with Crippen molar-refractivity contribution in [3.8, 4) is 0 Å². The number of carbonyl (C=O) groups is 3. The number of rotatable bonds is 8. The first-order valence-corrected chi connectivity index (χ1v) is 9.86. The fraction of sp³-hybridized carbons (Fsp3) is 0.364. The van der Waals surface area contributed by atoms with E-state index in [9.17, 15) is 18.8 Å². The van der Waals surface area contributed by atoms with Gasteiger partial charge in [-0.25, -0.2) is 4.39 Å². The Morgan fingerprint density at radius 1 is 1.07 bits per heavy atom. The first kappa shape index (κ1) is 20.8. The van der Waals surface area contributed by atoms with Crippen LogP contribution in [0.4, 0.5) is 4.39 Å². The minimum Gasteiger partial charge on any atom is -0.334 e. The average molecular weight is 398 g/mol. The third-order valence-corrected chi connectivity index (χ3v) is 5.57. The molecule has 0 bridgehead atoms. The number of nitrogens with one attached hydrogen (secondary N) is 1. The van der Waals surface area contributed by atoms with Gasteiger partial charge in [-0.2, -0.15) is 0 Å². The van der Waals surface area contributed by atoms with Gasteiger partial charge < -0.3 is 9.80 Å². The second-order valence-electron chi connectivity index (χ2n) is 7.14. The molecule has 7 heteroatoms. The molecule has 1 aliphatic rings. The Labute approximate surface area is 169 Å². The van der Waals surface area contributed by atoms with Gasteiger partial charge >= 0.3 is 0 Å². The molecule has 1 aromatic carbocycles. The Bertz CT molecular complexity index is 882. The summed E-state index contributed by atoms with van der Waals surface area (Å²) >= 11 is 0. The minimum absolute atomic E-state index is 0.328. The van der Waals surface area contributed by atoms with E-state index in [1.54, 1.807) is 0 Å². The van der Waals surface area contributed by atoms with Crippen LogP contribution in [0.25, 0.3) is 0 Å². The van der Waals surface area contributed by atoms with Crippen LogP contribution >= 0.6 is 0 Å². The molecule has 2 aromatic rings. The van der Waals surface area contributed by atoms with Crippen molar-refractivity contribution in [1.82, 2.24) is 9.88 Å². The third kappa shape index (κ3) is 4.24. The molecule has 2 unspecified atom stereocenters. The molecule has 0 aliphatic carbocycles. The summed E-state index contributed by atoms with van der Waals surface area (Å²) in [4.78, 5) is 45.5. The fourth-order valence-corrected chi connectivity index (χ4v) is 3.84. The molecule has 1 amide bonds. The summed E-state index contributed by atoms with van der Waals surface area (Å²) in [5, 5.41) is 0. The largest absolute Gasteiger partial charge is 0.334 e. The molecule has 1 fully saturated rings. The maximum Gasteiger partial charge on any atom is 0.291 e. The second-order valence-corrected chi connectivity index (χ2v) is 7.14. The molecule has 0 spiro atoms. The number of carbonyl (C=O) groups excluding carboxylic acids is 3. The number of Topliss-reactive ketones (excluding diaryl/α,β-unsaturated/α-hetero) is 2. The van der Waals surface area contributed by atoms with E-state index in [2.05, 4.69) is 18.8 Å². The number of aromatic nitrogens is 1. The Kier molecular flexibility index (Phi) is 6.49. The van der Waals surface area contributed by atoms with Crippen LogP contribution in [0.1, 0.15) is 35.8 Å². The first-order valence-electron chi connectivity index (χ1n) is 9.86. The number of amides is 1. The molecule has 1 aromatic heterocycles. The number of likely N-dealkylation sites (N-methyl/N-ethyl adjacent to an activating group) is 1. The predicted octanol–water partition coefficient (Wildman–Crippen LogP) is 1.10. The van der Waals surface area contributed by atoms with Gasteiger partial charge in [0.15, 0.2) is 5.78 Å². The lowest BCUT2D eigenvalue weighted by Crippen LogP contribution is -3.12. The van der Waals surface area contributed by atoms with Crippen LogP contribution in [0.3, 0.4) is 0 Å². The smallest absolute Gasteiger partial charge is 0.291 e. The van der Waals surface area contributed by atoms with E-state index in [1.807, 2.05) is 0 Å². The van der Waals surface area contributed by atoms with E-state index in [0.29, 0.717) is 24.2 Å². The van der Waals surface area contributed by atoms with Crippen molar-refractivity contribution in [3.63, 3.8) is 0 Å². The van der Waals surface area contributed by atoms with Gasteiger partial charge in [0.25, 0.3) is 5.91 Å². The van der Waals surface area contributed by atoms with Crippen LogP contribution in [0, 0.1) is 11.7 Å². The number of quaternary nitrogens is 1. The summed E-state index contributed by atoms with van der Waals surface area (Å²) in [5.41, 5.74) is 0.905. The zero-order valence-electron chi connectivity index (χ0n) is 16.6. The maximum atomic E-state index is 13.5. The number of likely N-dealkylation sites (tertiary alicyclic amines) is 1. The van der Waals surface area contributed by atoms with Crippen molar-refractivity contribution in [2.24, 2.45) is 5.92 Å². The summed E-state index contributed by atoms with van der Waals surface area (Å²) < 4.78 is 13.5. The number of halogens is 1. The Hall–Kier alpha value is -2.93. The summed E-state index contributed by atoms with van der Waals surface area (Å²) in [5.74, 6) is -3.35. The van der Waals surface area contributed by atoms with Gasteiger partial charge in [0.05, 0.1) is 32.2 Å². The number of nitrogens with zero attached hydrogens (tertiary/aromatic N) is 2. The number of hydrogen-bond donors (Lipinski definition) is 1. The standard InChI is InChI=1S/C22H24FN3O3/c1-3-25(4-2)13-14-26-19(15-5-7-17(23)8-6-15)18(21(28)22(26)29)20(27)16-9-11-24-12-10-16/h5-12,18-19H,3-4,13-14H2,1-2H3/p+1. The summed E-state index contributed by atoms with van der Waals surface area (Å²) in [7, 11) is 0. The summed E-state index contributed by atoms with van der Waals surface area (Å²) in [6, 6.07) is 7.96. The number of ketones is 2. The normalized spacial score (nSPS) is 19.2. The van der Waals surface area contributed by atoms with Crippen molar-refractivity contribution < 1.29 is 23.7 Å². The Morgan fingerprint density at radius 2 is 1.69 bits per heavy atom. The molecule has 0 radical (unpaired) electrons. The highest BCUT2D eigenvalue weighted by atomic mass is 19.1. The highest BCUT2D eigenvalue weighted by Crippen LogP contribution is 2.37.